The highest BCUT2D eigenvalue weighted by atomic mass is 79.9. The summed E-state index contributed by atoms with van der Waals surface area (Å²) in [5, 5.41) is 0.361. The van der Waals surface area contributed by atoms with Crippen molar-refractivity contribution in [3.63, 3.8) is 0 Å². The zero-order valence-electron chi connectivity index (χ0n) is 3.19. The van der Waals surface area contributed by atoms with E-state index in [9.17, 15) is 0 Å². The van der Waals surface area contributed by atoms with Gasteiger partial charge in [0.25, 0.3) is 0 Å². The first-order chi connectivity index (χ1) is 3.30. The molecule has 0 spiro atoms. The van der Waals surface area contributed by atoms with Crippen molar-refractivity contribution in [3.05, 3.63) is 16.2 Å². The quantitative estimate of drug-likeness (QED) is 0.614. The van der Waals surface area contributed by atoms with E-state index in [1.165, 1.54) is 6.39 Å². The molecule has 0 amide bonds. The lowest BCUT2D eigenvalue weighted by molar-refractivity contribution is 0.533. The summed E-state index contributed by atoms with van der Waals surface area (Å²) in [6.45, 7) is 0. The summed E-state index contributed by atoms with van der Waals surface area (Å²) in [6, 6.07) is 0. The highest BCUT2D eigenvalue weighted by molar-refractivity contribution is 9.10. The Labute approximate surface area is 53.6 Å². The summed E-state index contributed by atoms with van der Waals surface area (Å²) in [5.74, 6) is 0. The largest absolute Gasteiger partial charge is 0.435 e. The van der Waals surface area contributed by atoms with Crippen molar-refractivity contribution in [2.75, 3.05) is 0 Å². The van der Waals surface area contributed by atoms with Gasteiger partial charge in [0.05, 0.1) is 0 Å². The molecule has 0 fully saturated rings. The Morgan fingerprint density at radius 2 is 2.57 bits per heavy atom. The van der Waals surface area contributed by atoms with Gasteiger partial charge in [-0.2, -0.15) is 0 Å². The molecule has 0 saturated carbocycles. The van der Waals surface area contributed by atoms with E-state index in [4.69, 9.17) is 11.6 Å². The third-order valence-corrected chi connectivity index (χ3v) is 1.54. The molecule has 0 bridgehead atoms. The molecule has 1 aromatic rings. The molecule has 0 saturated heterocycles. The van der Waals surface area contributed by atoms with Gasteiger partial charge in [0.15, 0.2) is 11.5 Å². The minimum Gasteiger partial charge on any atom is -0.435 e. The van der Waals surface area contributed by atoms with Gasteiger partial charge in [-0.25, -0.2) is 4.98 Å². The average Bonchev–Trinajstić information content (AvgIpc) is 1.91. The van der Waals surface area contributed by atoms with Gasteiger partial charge in [0, 0.05) is 0 Å². The molecule has 0 aliphatic carbocycles. The van der Waals surface area contributed by atoms with E-state index in [2.05, 4.69) is 25.3 Å². The molecule has 0 aromatic carbocycles. The second kappa shape index (κ2) is 1.84. The van der Waals surface area contributed by atoms with Gasteiger partial charge in [-0.15, -0.1) is 0 Å². The minimum absolute atomic E-state index is 0.361. The number of hydrogen-bond acceptors (Lipinski definition) is 2. The van der Waals surface area contributed by atoms with Crippen LogP contribution < -0.4 is 0 Å². The molecular weight excluding hydrogens is 181 g/mol. The third-order valence-electron chi connectivity index (χ3n) is 0.484. The monoisotopic (exact) mass is 181 g/mol. The molecule has 0 unspecified atom stereocenters. The molecule has 0 atom stereocenters. The van der Waals surface area contributed by atoms with Crippen molar-refractivity contribution >= 4 is 27.5 Å². The van der Waals surface area contributed by atoms with Gasteiger partial charge in [-0.05, 0) is 15.9 Å². The fourth-order valence-corrected chi connectivity index (χ4v) is 0.489. The van der Waals surface area contributed by atoms with Gasteiger partial charge >= 0.3 is 0 Å². The number of hydrogen-bond donors (Lipinski definition) is 0. The summed E-state index contributed by atoms with van der Waals surface area (Å²) >= 11 is 8.38. The smallest absolute Gasteiger partial charge is 0.208 e. The molecule has 1 heterocycles. The van der Waals surface area contributed by atoms with Gasteiger partial charge in [0.1, 0.15) is 0 Å². The zero-order chi connectivity index (χ0) is 5.28. The Kier molecular flexibility index (Phi) is 1.35. The lowest BCUT2D eigenvalue weighted by Gasteiger charge is -1.71. The normalized spacial score (nSPS) is 9.43. The molecule has 0 aliphatic heterocycles. The SMILES string of the molecule is Clc1ncoc1Br. The van der Waals surface area contributed by atoms with Crippen molar-refractivity contribution in [3.8, 4) is 0 Å². The number of aromatic nitrogens is 1. The Balaban J connectivity index is 3.12. The summed E-state index contributed by atoms with van der Waals surface area (Å²) in [5.41, 5.74) is 0. The van der Waals surface area contributed by atoms with Crippen molar-refractivity contribution in [2.24, 2.45) is 0 Å². The highest BCUT2D eigenvalue weighted by Crippen LogP contribution is 2.18. The van der Waals surface area contributed by atoms with E-state index in [1.54, 1.807) is 0 Å². The van der Waals surface area contributed by atoms with Gasteiger partial charge in [-0.3, -0.25) is 0 Å². The Bertz CT molecular complexity index is 147. The fourth-order valence-electron chi connectivity index (χ4n) is 0.218. The van der Waals surface area contributed by atoms with Crippen molar-refractivity contribution in [1.82, 2.24) is 4.98 Å². The highest BCUT2D eigenvalue weighted by Gasteiger charge is 1.96. The van der Waals surface area contributed by atoms with Crippen LogP contribution in [0.25, 0.3) is 0 Å². The van der Waals surface area contributed by atoms with Crippen LogP contribution in [0.4, 0.5) is 0 Å². The van der Waals surface area contributed by atoms with E-state index in [1.807, 2.05) is 0 Å². The maximum Gasteiger partial charge on any atom is 0.208 e. The van der Waals surface area contributed by atoms with Gasteiger partial charge < -0.3 is 4.42 Å². The van der Waals surface area contributed by atoms with Crippen LogP contribution in [0.2, 0.25) is 5.15 Å². The van der Waals surface area contributed by atoms with E-state index in [0.29, 0.717) is 9.82 Å². The summed E-state index contributed by atoms with van der Waals surface area (Å²) in [4.78, 5) is 3.57. The summed E-state index contributed by atoms with van der Waals surface area (Å²) in [7, 11) is 0. The van der Waals surface area contributed by atoms with Crippen LogP contribution in [0.5, 0.6) is 0 Å². The van der Waals surface area contributed by atoms with Gasteiger partial charge in [-0.1, -0.05) is 11.6 Å². The predicted molar refractivity (Wildman–Crippen MR) is 29.2 cm³/mol. The number of nitrogens with zero attached hydrogens (tertiary/aromatic N) is 1. The summed E-state index contributed by atoms with van der Waals surface area (Å²) < 4.78 is 5.12. The summed E-state index contributed by atoms with van der Waals surface area (Å²) in [6.07, 6.45) is 1.27. The molecule has 38 valence electrons. The second-order valence-electron chi connectivity index (χ2n) is 0.917. The van der Waals surface area contributed by atoms with E-state index in [-0.39, 0.29) is 0 Å². The molecule has 0 radical (unpaired) electrons. The van der Waals surface area contributed by atoms with Crippen molar-refractivity contribution in [1.29, 1.82) is 0 Å². The third kappa shape index (κ3) is 0.951. The lowest BCUT2D eigenvalue weighted by Crippen LogP contribution is -1.54. The molecule has 1 rings (SSSR count). The predicted octanol–water partition coefficient (Wildman–Crippen LogP) is 2.09. The maximum atomic E-state index is 5.37. The molecule has 4 heteroatoms. The fraction of sp³-hybridized carbons (Fsp3) is 0. The Morgan fingerprint density at radius 1 is 1.86 bits per heavy atom. The van der Waals surface area contributed by atoms with Crippen LogP contribution in [0.3, 0.4) is 0 Å². The van der Waals surface area contributed by atoms with Crippen LogP contribution in [0.15, 0.2) is 15.5 Å². The van der Waals surface area contributed by atoms with Crippen LogP contribution in [-0.4, -0.2) is 4.98 Å². The number of halogens is 2. The maximum absolute atomic E-state index is 5.37. The first-order valence-electron chi connectivity index (χ1n) is 1.55. The van der Waals surface area contributed by atoms with Crippen LogP contribution in [0, 0.1) is 0 Å². The van der Waals surface area contributed by atoms with Gasteiger partial charge in [0.2, 0.25) is 4.67 Å². The van der Waals surface area contributed by atoms with E-state index >= 15 is 0 Å². The Morgan fingerprint density at radius 3 is 2.71 bits per heavy atom. The second-order valence-corrected chi connectivity index (χ2v) is 2.00. The molecular formula is C3HBrClNO. The standard InChI is InChI=1S/C3HBrClNO/c4-2-3(5)6-1-7-2/h1H. The average molecular weight is 182 g/mol. The topological polar surface area (TPSA) is 26.0 Å². The van der Waals surface area contributed by atoms with Crippen molar-refractivity contribution < 1.29 is 4.42 Å². The molecule has 0 N–H and O–H groups in total. The number of rotatable bonds is 0. The number of oxazole rings is 1. The zero-order valence-corrected chi connectivity index (χ0v) is 5.53. The lowest BCUT2D eigenvalue weighted by atomic mass is 11.0. The van der Waals surface area contributed by atoms with Crippen LogP contribution in [-0.2, 0) is 0 Å². The van der Waals surface area contributed by atoms with Crippen LogP contribution >= 0.6 is 27.5 Å². The Hall–Kier alpha value is -0.0200. The van der Waals surface area contributed by atoms with E-state index < -0.39 is 0 Å². The minimum atomic E-state index is 0.361. The van der Waals surface area contributed by atoms with Crippen molar-refractivity contribution in [2.45, 2.75) is 0 Å². The first-order valence-corrected chi connectivity index (χ1v) is 2.72. The molecule has 0 aliphatic rings. The van der Waals surface area contributed by atoms with Crippen LogP contribution in [0.1, 0.15) is 0 Å². The molecule has 1 aromatic heterocycles. The molecule has 2 nitrogen and oxygen atoms in total. The first kappa shape index (κ1) is 5.12. The molecule has 7 heavy (non-hydrogen) atoms. The van der Waals surface area contributed by atoms with E-state index in [0.717, 1.165) is 0 Å².